The summed E-state index contributed by atoms with van der Waals surface area (Å²) in [5, 5.41) is 9.83. The Bertz CT molecular complexity index is 1270. The van der Waals surface area contributed by atoms with Crippen LogP contribution in [0.2, 0.25) is 0 Å². The first-order valence-electron chi connectivity index (χ1n) is 10.8. The van der Waals surface area contributed by atoms with E-state index in [1.165, 1.54) is 16.7 Å². The van der Waals surface area contributed by atoms with Gasteiger partial charge in [-0.15, -0.1) is 0 Å². The third-order valence-electron chi connectivity index (χ3n) is 5.37. The molecule has 4 rings (SSSR count). The van der Waals surface area contributed by atoms with Gasteiger partial charge in [-0.3, -0.25) is 0 Å². The predicted molar refractivity (Wildman–Crippen MR) is 135 cm³/mol. The average molecular weight is 441 g/mol. The van der Waals surface area contributed by atoms with Crippen molar-refractivity contribution in [2.75, 3.05) is 23.1 Å². The van der Waals surface area contributed by atoms with Gasteiger partial charge in [0, 0.05) is 23.1 Å². The van der Waals surface area contributed by atoms with Gasteiger partial charge in [0.05, 0.1) is 7.11 Å². The molecular weight excluding hydrogens is 412 g/mol. The Morgan fingerprint density at radius 1 is 0.545 bits per heavy atom. The minimum atomic E-state index is 0.414. The van der Waals surface area contributed by atoms with Gasteiger partial charge in [-0.05, 0) is 74.7 Å². The van der Waals surface area contributed by atoms with Crippen LogP contribution < -0.4 is 20.7 Å². The molecule has 168 valence electrons. The molecule has 3 aromatic carbocycles. The van der Waals surface area contributed by atoms with Crippen LogP contribution in [0.25, 0.3) is 0 Å². The van der Waals surface area contributed by atoms with Crippen molar-refractivity contribution in [3.63, 3.8) is 0 Å². The van der Waals surface area contributed by atoms with E-state index in [0.29, 0.717) is 17.8 Å². The lowest BCUT2D eigenvalue weighted by Crippen LogP contribution is -2.07. The Morgan fingerprint density at radius 2 is 1.03 bits per heavy atom. The number of anilines is 6. The van der Waals surface area contributed by atoms with Gasteiger partial charge in [-0.2, -0.15) is 15.0 Å². The first-order chi connectivity index (χ1) is 15.9. The molecule has 1 aromatic heterocycles. The fourth-order valence-electron chi connectivity index (χ4n) is 3.28. The van der Waals surface area contributed by atoms with Crippen LogP contribution in [0.5, 0.6) is 5.75 Å². The minimum absolute atomic E-state index is 0.414. The maximum Gasteiger partial charge on any atom is 0.233 e. The maximum atomic E-state index is 5.44. The summed E-state index contributed by atoms with van der Waals surface area (Å²) in [6.07, 6.45) is 0. The van der Waals surface area contributed by atoms with Crippen molar-refractivity contribution in [3.8, 4) is 5.75 Å². The lowest BCUT2D eigenvalue weighted by Gasteiger charge is -2.13. The van der Waals surface area contributed by atoms with E-state index >= 15 is 0 Å². The fourth-order valence-corrected chi connectivity index (χ4v) is 3.28. The van der Waals surface area contributed by atoms with Gasteiger partial charge in [-0.1, -0.05) is 29.8 Å². The summed E-state index contributed by atoms with van der Waals surface area (Å²) in [6, 6.07) is 20.1. The fraction of sp³-hybridized carbons (Fsp3) is 0.192. The molecule has 0 aliphatic carbocycles. The van der Waals surface area contributed by atoms with Crippen LogP contribution >= 0.6 is 0 Å². The molecular formula is C26H28N6O. The molecule has 0 atom stereocenters. The summed E-state index contributed by atoms with van der Waals surface area (Å²) in [6.45, 7) is 8.22. The summed E-state index contributed by atoms with van der Waals surface area (Å²) < 4.78 is 5.44. The van der Waals surface area contributed by atoms with Crippen molar-refractivity contribution in [3.05, 3.63) is 82.9 Å². The van der Waals surface area contributed by atoms with Crippen LogP contribution in [0.4, 0.5) is 34.9 Å². The molecule has 0 fully saturated rings. The van der Waals surface area contributed by atoms with Crippen molar-refractivity contribution in [2.45, 2.75) is 27.7 Å². The second-order valence-electron chi connectivity index (χ2n) is 8.03. The predicted octanol–water partition coefficient (Wildman–Crippen LogP) is 6.34. The number of methoxy groups -OCH3 is 1. The van der Waals surface area contributed by atoms with E-state index in [-0.39, 0.29) is 0 Å². The monoisotopic (exact) mass is 440 g/mol. The molecule has 0 radical (unpaired) electrons. The standard InChI is InChI=1S/C26H28N6O/c1-16-6-10-20(11-7-16)27-24-30-25(28-21-12-8-17(2)19(4)14-21)32-26(31-24)29-22-13-9-18(3)23(15-22)33-5/h6-15H,1-5H3,(H3,27,28,29,30,31,32). The topological polar surface area (TPSA) is 84.0 Å². The lowest BCUT2D eigenvalue weighted by atomic mass is 10.1. The minimum Gasteiger partial charge on any atom is -0.496 e. The molecule has 4 aromatic rings. The molecule has 1 heterocycles. The number of rotatable bonds is 7. The van der Waals surface area contributed by atoms with E-state index in [1.807, 2.05) is 55.5 Å². The average Bonchev–Trinajstić information content (AvgIpc) is 2.79. The van der Waals surface area contributed by atoms with Crippen LogP contribution in [-0.2, 0) is 0 Å². The molecule has 0 saturated carbocycles. The van der Waals surface area contributed by atoms with E-state index in [9.17, 15) is 0 Å². The Balaban J connectivity index is 1.67. The van der Waals surface area contributed by atoms with E-state index in [0.717, 1.165) is 28.4 Å². The van der Waals surface area contributed by atoms with Crippen LogP contribution in [0.15, 0.2) is 60.7 Å². The third kappa shape index (κ3) is 5.57. The molecule has 0 unspecified atom stereocenters. The van der Waals surface area contributed by atoms with Crippen molar-refractivity contribution in [2.24, 2.45) is 0 Å². The number of hydrogen-bond donors (Lipinski definition) is 3. The summed E-state index contributed by atoms with van der Waals surface area (Å²) in [5.74, 6) is 2.07. The summed E-state index contributed by atoms with van der Waals surface area (Å²) in [4.78, 5) is 13.7. The van der Waals surface area contributed by atoms with Gasteiger partial charge in [0.25, 0.3) is 0 Å². The summed E-state index contributed by atoms with van der Waals surface area (Å²) >= 11 is 0. The van der Waals surface area contributed by atoms with E-state index in [2.05, 4.69) is 63.8 Å². The van der Waals surface area contributed by atoms with Crippen LogP contribution in [0.1, 0.15) is 22.3 Å². The first kappa shape index (κ1) is 22.1. The highest BCUT2D eigenvalue weighted by atomic mass is 16.5. The van der Waals surface area contributed by atoms with Crippen LogP contribution in [0.3, 0.4) is 0 Å². The number of nitrogens with zero attached hydrogens (tertiary/aromatic N) is 3. The SMILES string of the molecule is COc1cc(Nc2nc(Nc3ccc(C)cc3)nc(Nc3ccc(C)c(C)c3)n2)ccc1C. The Kier molecular flexibility index (Phi) is 6.40. The normalized spacial score (nSPS) is 10.6. The van der Waals surface area contributed by atoms with E-state index in [1.54, 1.807) is 7.11 Å². The first-order valence-corrected chi connectivity index (χ1v) is 10.8. The van der Waals surface area contributed by atoms with Crippen molar-refractivity contribution < 1.29 is 4.74 Å². The Morgan fingerprint density at radius 3 is 1.58 bits per heavy atom. The van der Waals surface area contributed by atoms with E-state index in [4.69, 9.17) is 4.74 Å². The quantitative estimate of drug-likeness (QED) is 0.309. The van der Waals surface area contributed by atoms with Gasteiger partial charge >= 0.3 is 0 Å². The van der Waals surface area contributed by atoms with Gasteiger partial charge in [-0.25, -0.2) is 0 Å². The number of nitrogens with one attached hydrogen (secondary N) is 3. The zero-order valence-corrected chi connectivity index (χ0v) is 19.5. The van der Waals surface area contributed by atoms with Gasteiger partial charge in [0.15, 0.2) is 0 Å². The summed E-state index contributed by atoms with van der Waals surface area (Å²) in [7, 11) is 1.66. The molecule has 0 aliphatic rings. The number of aryl methyl sites for hydroxylation is 4. The number of benzene rings is 3. The maximum absolute atomic E-state index is 5.44. The highest BCUT2D eigenvalue weighted by Gasteiger charge is 2.10. The molecule has 0 saturated heterocycles. The van der Waals surface area contributed by atoms with Crippen LogP contribution in [0, 0.1) is 27.7 Å². The van der Waals surface area contributed by atoms with Gasteiger partial charge in [0.1, 0.15) is 5.75 Å². The zero-order chi connectivity index (χ0) is 23.4. The number of aromatic nitrogens is 3. The molecule has 7 heteroatoms. The van der Waals surface area contributed by atoms with Gasteiger partial charge < -0.3 is 20.7 Å². The van der Waals surface area contributed by atoms with Crippen molar-refractivity contribution in [1.82, 2.24) is 15.0 Å². The summed E-state index contributed by atoms with van der Waals surface area (Å²) in [5.41, 5.74) is 7.29. The molecule has 0 bridgehead atoms. The molecule has 0 spiro atoms. The molecule has 7 nitrogen and oxygen atoms in total. The largest absolute Gasteiger partial charge is 0.496 e. The second kappa shape index (κ2) is 9.56. The Labute approximate surface area is 194 Å². The number of ether oxygens (including phenoxy) is 1. The zero-order valence-electron chi connectivity index (χ0n) is 19.5. The van der Waals surface area contributed by atoms with Crippen molar-refractivity contribution in [1.29, 1.82) is 0 Å². The lowest BCUT2D eigenvalue weighted by molar-refractivity contribution is 0.412. The third-order valence-corrected chi connectivity index (χ3v) is 5.37. The molecule has 3 N–H and O–H groups in total. The van der Waals surface area contributed by atoms with Crippen molar-refractivity contribution >= 4 is 34.9 Å². The molecule has 0 amide bonds. The second-order valence-corrected chi connectivity index (χ2v) is 8.03. The van der Waals surface area contributed by atoms with E-state index < -0.39 is 0 Å². The van der Waals surface area contributed by atoms with Crippen LogP contribution in [-0.4, -0.2) is 22.1 Å². The smallest absolute Gasteiger partial charge is 0.233 e. The molecule has 0 aliphatic heterocycles. The Hall–Kier alpha value is -4.13. The highest BCUT2D eigenvalue weighted by Crippen LogP contribution is 2.26. The number of hydrogen-bond acceptors (Lipinski definition) is 7. The highest BCUT2D eigenvalue weighted by molar-refractivity contribution is 5.63. The van der Waals surface area contributed by atoms with Gasteiger partial charge in [0.2, 0.25) is 17.8 Å². The molecule has 33 heavy (non-hydrogen) atoms.